The lowest BCUT2D eigenvalue weighted by atomic mass is 10.2. The third kappa shape index (κ3) is 7.46. The van der Waals surface area contributed by atoms with Gasteiger partial charge in [0.05, 0.1) is 13.2 Å². The Morgan fingerprint density at radius 1 is 0.933 bits per heavy atom. The van der Waals surface area contributed by atoms with E-state index in [0.29, 0.717) is 23.8 Å². The van der Waals surface area contributed by atoms with Crippen molar-refractivity contribution in [3.05, 3.63) is 54.1 Å². The summed E-state index contributed by atoms with van der Waals surface area (Å²) in [6, 6.07) is 14.2. The van der Waals surface area contributed by atoms with Gasteiger partial charge in [0.1, 0.15) is 0 Å². The number of rotatable bonds is 10. The Labute approximate surface area is 175 Å². The molecule has 2 amide bonds. The van der Waals surface area contributed by atoms with Gasteiger partial charge in [0.25, 0.3) is 5.91 Å². The van der Waals surface area contributed by atoms with Crippen LogP contribution in [0.2, 0.25) is 0 Å². The highest BCUT2D eigenvalue weighted by Crippen LogP contribution is 2.26. The zero-order chi connectivity index (χ0) is 21.9. The van der Waals surface area contributed by atoms with Gasteiger partial charge in [-0.3, -0.25) is 9.59 Å². The van der Waals surface area contributed by atoms with Gasteiger partial charge in [-0.1, -0.05) is 29.8 Å². The van der Waals surface area contributed by atoms with Gasteiger partial charge < -0.3 is 24.4 Å². The Hall–Kier alpha value is -3.55. The second kappa shape index (κ2) is 11.5. The number of likely N-dealkylation sites (N-methyl/N-ethyl adjacent to an activating group) is 1. The quantitative estimate of drug-likeness (QED) is 0.600. The topological polar surface area (TPSA) is 94.2 Å². The van der Waals surface area contributed by atoms with Crippen LogP contribution >= 0.6 is 0 Å². The first-order valence-electron chi connectivity index (χ1n) is 9.49. The van der Waals surface area contributed by atoms with Crippen molar-refractivity contribution < 1.29 is 28.6 Å². The van der Waals surface area contributed by atoms with Crippen LogP contribution in [0.25, 0.3) is 0 Å². The van der Waals surface area contributed by atoms with E-state index < -0.39 is 18.5 Å². The third-order valence-corrected chi connectivity index (χ3v) is 3.99. The van der Waals surface area contributed by atoms with Gasteiger partial charge in [0.2, 0.25) is 5.91 Å². The first-order chi connectivity index (χ1) is 14.4. The second-order valence-corrected chi connectivity index (χ2v) is 6.49. The summed E-state index contributed by atoms with van der Waals surface area (Å²) in [5.74, 6) is -0.628. The standard InChI is InChI=1S/C22H26N2O6/c1-4-28-18-7-5-6-8-19(18)29-15-22(27)30-14-21(26)24(3)13-20(25)23-17-11-9-16(2)10-12-17/h5-12H,4,13-15H2,1-3H3,(H,23,25). The Kier molecular flexibility index (Phi) is 8.68. The van der Waals surface area contributed by atoms with Crippen LogP contribution < -0.4 is 14.8 Å². The van der Waals surface area contributed by atoms with Gasteiger partial charge in [-0.2, -0.15) is 0 Å². The molecule has 0 spiro atoms. The zero-order valence-corrected chi connectivity index (χ0v) is 17.3. The number of hydrogen-bond donors (Lipinski definition) is 1. The van der Waals surface area contributed by atoms with Gasteiger partial charge >= 0.3 is 5.97 Å². The molecule has 0 unspecified atom stereocenters. The maximum absolute atomic E-state index is 12.1. The van der Waals surface area contributed by atoms with Crippen molar-refractivity contribution >= 4 is 23.5 Å². The van der Waals surface area contributed by atoms with Crippen molar-refractivity contribution in [3.63, 3.8) is 0 Å². The van der Waals surface area contributed by atoms with Gasteiger partial charge in [-0.15, -0.1) is 0 Å². The van der Waals surface area contributed by atoms with Crippen LogP contribution in [0.5, 0.6) is 11.5 Å². The minimum atomic E-state index is -0.702. The van der Waals surface area contributed by atoms with Crippen molar-refractivity contribution in [1.29, 1.82) is 0 Å². The van der Waals surface area contributed by atoms with Crippen LogP contribution in [-0.2, 0) is 19.1 Å². The predicted molar refractivity (Wildman–Crippen MR) is 112 cm³/mol. The van der Waals surface area contributed by atoms with E-state index in [9.17, 15) is 14.4 Å². The number of carbonyl (C=O) groups excluding carboxylic acids is 3. The molecule has 0 heterocycles. The lowest BCUT2D eigenvalue weighted by Crippen LogP contribution is -2.37. The molecule has 0 radical (unpaired) electrons. The molecule has 8 heteroatoms. The fourth-order valence-corrected chi connectivity index (χ4v) is 2.42. The summed E-state index contributed by atoms with van der Waals surface area (Å²) in [6.07, 6.45) is 0. The highest BCUT2D eigenvalue weighted by atomic mass is 16.6. The normalized spacial score (nSPS) is 10.1. The molecule has 0 atom stereocenters. The van der Waals surface area contributed by atoms with E-state index in [1.165, 1.54) is 11.9 Å². The first kappa shape index (κ1) is 22.7. The molecule has 160 valence electrons. The summed E-state index contributed by atoms with van der Waals surface area (Å²) < 4.78 is 15.7. The number of nitrogens with one attached hydrogen (secondary N) is 1. The number of anilines is 1. The predicted octanol–water partition coefficient (Wildman–Crippen LogP) is 2.41. The van der Waals surface area contributed by atoms with Crippen molar-refractivity contribution in [1.82, 2.24) is 4.90 Å². The lowest BCUT2D eigenvalue weighted by molar-refractivity contribution is -0.153. The highest BCUT2D eigenvalue weighted by Gasteiger charge is 2.16. The van der Waals surface area contributed by atoms with Crippen molar-refractivity contribution in [3.8, 4) is 11.5 Å². The summed E-state index contributed by atoms with van der Waals surface area (Å²) in [5, 5.41) is 2.70. The number of carbonyl (C=O) groups is 3. The molecule has 8 nitrogen and oxygen atoms in total. The largest absolute Gasteiger partial charge is 0.490 e. The number of para-hydroxylation sites is 2. The monoisotopic (exact) mass is 414 g/mol. The van der Waals surface area contributed by atoms with Gasteiger partial charge in [0, 0.05) is 12.7 Å². The molecular formula is C22H26N2O6. The third-order valence-electron chi connectivity index (χ3n) is 3.99. The molecule has 2 rings (SSSR count). The maximum atomic E-state index is 12.1. The summed E-state index contributed by atoms with van der Waals surface area (Å²) in [6.45, 7) is 3.24. The first-order valence-corrected chi connectivity index (χ1v) is 9.49. The molecule has 0 fully saturated rings. The van der Waals surface area contributed by atoms with Crippen LogP contribution in [0.1, 0.15) is 12.5 Å². The molecule has 0 aliphatic rings. The molecule has 0 bridgehead atoms. The molecule has 2 aromatic rings. The average molecular weight is 414 g/mol. The summed E-state index contributed by atoms with van der Waals surface area (Å²) in [7, 11) is 1.46. The molecule has 0 saturated heterocycles. The smallest absolute Gasteiger partial charge is 0.344 e. The van der Waals surface area contributed by atoms with E-state index in [0.717, 1.165) is 5.56 Å². The van der Waals surface area contributed by atoms with Crippen molar-refractivity contribution in [2.45, 2.75) is 13.8 Å². The highest BCUT2D eigenvalue weighted by molar-refractivity contribution is 5.94. The molecule has 1 N–H and O–H groups in total. The number of hydrogen-bond acceptors (Lipinski definition) is 6. The summed E-state index contributed by atoms with van der Waals surface area (Å²) in [5.41, 5.74) is 1.72. The minimum absolute atomic E-state index is 0.164. The van der Waals surface area contributed by atoms with E-state index in [4.69, 9.17) is 14.2 Å². The second-order valence-electron chi connectivity index (χ2n) is 6.49. The minimum Gasteiger partial charge on any atom is -0.490 e. The SMILES string of the molecule is CCOc1ccccc1OCC(=O)OCC(=O)N(C)CC(=O)Nc1ccc(C)cc1. The van der Waals surface area contributed by atoms with E-state index in [-0.39, 0.29) is 19.1 Å². The molecule has 0 aromatic heterocycles. The Morgan fingerprint density at radius 2 is 1.57 bits per heavy atom. The lowest BCUT2D eigenvalue weighted by Gasteiger charge is -2.17. The molecule has 0 aliphatic carbocycles. The molecule has 30 heavy (non-hydrogen) atoms. The van der Waals surface area contributed by atoms with Gasteiger partial charge in [-0.25, -0.2) is 4.79 Å². The number of amides is 2. The van der Waals surface area contributed by atoms with Crippen LogP contribution in [-0.4, -0.2) is 56.1 Å². The molecule has 0 aliphatic heterocycles. The summed E-state index contributed by atoms with van der Waals surface area (Å²) >= 11 is 0. The van der Waals surface area contributed by atoms with Crippen molar-refractivity contribution in [2.75, 3.05) is 38.7 Å². The van der Waals surface area contributed by atoms with E-state index in [1.54, 1.807) is 36.4 Å². The zero-order valence-electron chi connectivity index (χ0n) is 17.3. The number of ether oxygens (including phenoxy) is 3. The molecule has 0 saturated carbocycles. The van der Waals surface area contributed by atoms with Gasteiger partial charge in [-0.05, 0) is 38.1 Å². The van der Waals surface area contributed by atoms with E-state index in [2.05, 4.69) is 5.32 Å². The number of nitrogens with zero attached hydrogens (tertiary/aromatic N) is 1. The number of aryl methyl sites for hydroxylation is 1. The van der Waals surface area contributed by atoms with Gasteiger partial charge in [0.15, 0.2) is 24.7 Å². The molecule has 2 aromatic carbocycles. The fourth-order valence-electron chi connectivity index (χ4n) is 2.42. The number of benzene rings is 2. The summed E-state index contributed by atoms with van der Waals surface area (Å²) in [4.78, 5) is 37.2. The Balaban J connectivity index is 1.73. The van der Waals surface area contributed by atoms with Crippen LogP contribution in [0.15, 0.2) is 48.5 Å². The Morgan fingerprint density at radius 3 is 2.20 bits per heavy atom. The van der Waals surface area contributed by atoms with Crippen LogP contribution in [0, 0.1) is 6.92 Å². The van der Waals surface area contributed by atoms with E-state index in [1.807, 2.05) is 26.0 Å². The van der Waals surface area contributed by atoms with Crippen LogP contribution in [0.4, 0.5) is 5.69 Å². The van der Waals surface area contributed by atoms with E-state index >= 15 is 0 Å². The maximum Gasteiger partial charge on any atom is 0.344 e. The average Bonchev–Trinajstić information content (AvgIpc) is 2.73. The van der Waals surface area contributed by atoms with Crippen molar-refractivity contribution in [2.24, 2.45) is 0 Å². The number of esters is 1. The Bertz CT molecular complexity index is 866. The van der Waals surface area contributed by atoms with Crippen LogP contribution in [0.3, 0.4) is 0 Å². The molecular weight excluding hydrogens is 388 g/mol. The fraction of sp³-hybridized carbons (Fsp3) is 0.318.